The molecule has 1 N–H and O–H groups in total. The zero-order chi connectivity index (χ0) is 12.8. The van der Waals surface area contributed by atoms with Crippen LogP contribution in [0.1, 0.15) is 29.8 Å². The third kappa shape index (κ3) is 3.18. The van der Waals surface area contributed by atoms with Crippen molar-refractivity contribution < 1.29 is 4.79 Å². The van der Waals surface area contributed by atoms with Crippen molar-refractivity contribution in [2.24, 2.45) is 0 Å². The molecule has 0 saturated carbocycles. The fourth-order valence-electron chi connectivity index (χ4n) is 1.51. The number of Topliss-reactive ketones (excluding diaryl/α,β-unsaturated/α-hetero) is 1. The van der Waals surface area contributed by atoms with Crippen LogP contribution in [0.3, 0.4) is 0 Å². The molecule has 0 amide bonds. The van der Waals surface area contributed by atoms with E-state index in [0.717, 1.165) is 5.56 Å². The Morgan fingerprint density at radius 3 is 2.41 bits per heavy atom. The van der Waals surface area contributed by atoms with Gasteiger partial charge in [0.2, 0.25) is 5.78 Å². The zero-order valence-electron chi connectivity index (χ0n) is 10.4. The number of nitriles is 1. The molecule has 0 aromatic heterocycles. The molecule has 0 fully saturated rings. The van der Waals surface area contributed by atoms with Crippen LogP contribution in [-0.2, 0) is 0 Å². The number of carbonyl (C=O) groups excluding carboxylic acids is 1. The highest BCUT2D eigenvalue weighted by molar-refractivity contribution is 6.11. The standard InChI is InChI=1S/C14H16N2O/c1-4-16-11(3)13(9-15)14(17)12-7-5-10(2)6-8-12/h5-8,16H,4H2,1-3H3/b13-11-. The summed E-state index contributed by atoms with van der Waals surface area (Å²) in [5.74, 6) is -0.231. The number of ketones is 1. The first-order chi connectivity index (χ1) is 8.10. The van der Waals surface area contributed by atoms with E-state index >= 15 is 0 Å². The molecular weight excluding hydrogens is 212 g/mol. The quantitative estimate of drug-likeness (QED) is 0.489. The van der Waals surface area contributed by atoms with Crippen LogP contribution in [0.15, 0.2) is 35.5 Å². The largest absolute Gasteiger partial charge is 0.388 e. The van der Waals surface area contributed by atoms with Crippen LogP contribution >= 0.6 is 0 Å². The average molecular weight is 228 g/mol. The molecule has 3 nitrogen and oxygen atoms in total. The van der Waals surface area contributed by atoms with Crippen molar-refractivity contribution in [3.05, 3.63) is 46.7 Å². The van der Waals surface area contributed by atoms with E-state index in [0.29, 0.717) is 17.8 Å². The van der Waals surface area contributed by atoms with Gasteiger partial charge in [-0.1, -0.05) is 29.8 Å². The molecule has 0 saturated heterocycles. The Kier molecular flexibility index (Phi) is 4.47. The second-order valence-electron chi connectivity index (χ2n) is 3.84. The van der Waals surface area contributed by atoms with Gasteiger partial charge >= 0.3 is 0 Å². The SMILES string of the molecule is CCN/C(C)=C(/C#N)C(=O)c1ccc(C)cc1. The van der Waals surface area contributed by atoms with Gasteiger partial charge in [0.25, 0.3) is 0 Å². The fraction of sp³-hybridized carbons (Fsp3) is 0.286. The number of rotatable bonds is 4. The summed E-state index contributed by atoms with van der Waals surface area (Å²) in [5, 5.41) is 12.0. The highest BCUT2D eigenvalue weighted by Gasteiger charge is 2.14. The maximum atomic E-state index is 12.1. The number of nitrogens with zero attached hydrogens (tertiary/aromatic N) is 1. The molecule has 1 aromatic rings. The molecule has 0 aliphatic carbocycles. The van der Waals surface area contributed by atoms with Gasteiger partial charge in [0, 0.05) is 17.8 Å². The minimum Gasteiger partial charge on any atom is -0.388 e. The van der Waals surface area contributed by atoms with Crippen molar-refractivity contribution >= 4 is 5.78 Å². The van der Waals surface area contributed by atoms with E-state index in [1.165, 1.54) is 0 Å². The molecule has 17 heavy (non-hydrogen) atoms. The number of carbonyl (C=O) groups is 1. The van der Waals surface area contributed by atoms with Crippen molar-refractivity contribution in [3.8, 4) is 6.07 Å². The minimum absolute atomic E-state index is 0.177. The molecule has 0 bridgehead atoms. The molecule has 0 spiro atoms. The van der Waals surface area contributed by atoms with Crippen LogP contribution in [0.5, 0.6) is 0 Å². The second kappa shape index (κ2) is 5.86. The molecule has 0 radical (unpaired) electrons. The molecule has 0 heterocycles. The van der Waals surface area contributed by atoms with Gasteiger partial charge in [0.15, 0.2) is 0 Å². The van der Waals surface area contributed by atoms with E-state index in [2.05, 4.69) is 5.32 Å². The summed E-state index contributed by atoms with van der Waals surface area (Å²) < 4.78 is 0. The Morgan fingerprint density at radius 2 is 1.94 bits per heavy atom. The van der Waals surface area contributed by atoms with Crippen molar-refractivity contribution in [3.63, 3.8) is 0 Å². The van der Waals surface area contributed by atoms with E-state index < -0.39 is 0 Å². The van der Waals surface area contributed by atoms with Crippen LogP contribution in [0, 0.1) is 18.3 Å². The van der Waals surface area contributed by atoms with Gasteiger partial charge in [0.05, 0.1) is 0 Å². The molecule has 0 unspecified atom stereocenters. The molecule has 0 aliphatic heterocycles. The summed E-state index contributed by atoms with van der Waals surface area (Å²) in [5.41, 5.74) is 2.44. The van der Waals surface area contributed by atoms with Gasteiger partial charge in [-0.3, -0.25) is 4.79 Å². The molecule has 1 rings (SSSR count). The minimum atomic E-state index is -0.231. The number of nitrogens with one attached hydrogen (secondary N) is 1. The Bertz CT molecular complexity index is 478. The van der Waals surface area contributed by atoms with Gasteiger partial charge in [0.1, 0.15) is 11.6 Å². The second-order valence-corrected chi connectivity index (χ2v) is 3.84. The van der Waals surface area contributed by atoms with Crippen LogP contribution in [0.4, 0.5) is 0 Å². The summed E-state index contributed by atoms with van der Waals surface area (Å²) in [6.45, 7) is 6.32. The number of allylic oxidation sites excluding steroid dienone is 2. The molecular formula is C14H16N2O. The maximum absolute atomic E-state index is 12.1. The van der Waals surface area contributed by atoms with Gasteiger partial charge in [-0.2, -0.15) is 5.26 Å². The Morgan fingerprint density at radius 1 is 1.35 bits per heavy atom. The van der Waals surface area contributed by atoms with Gasteiger partial charge in [-0.25, -0.2) is 0 Å². The maximum Gasteiger partial charge on any atom is 0.205 e. The molecule has 0 aliphatic rings. The summed E-state index contributed by atoms with van der Waals surface area (Å²) >= 11 is 0. The van der Waals surface area contributed by atoms with Crippen molar-refractivity contribution in [2.75, 3.05) is 6.54 Å². The van der Waals surface area contributed by atoms with Crippen LogP contribution in [0.25, 0.3) is 0 Å². The van der Waals surface area contributed by atoms with E-state index in [-0.39, 0.29) is 11.4 Å². The topological polar surface area (TPSA) is 52.9 Å². The summed E-state index contributed by atoms with van der Waals surface area (Å²) in [6, 6.07) is 9.19. The Balaban J connectivity index is 3.07. The Labute approximate surface area is 102 Å². The van der Waals surface area contributed by atoms with Crippen LogP contribution < -0.4 is 5.32 Å². The molecule has 1 aromatic carbocycles. The molecule has 3 heteroatoms. The zero-order valence-corrected chi connectivity index (χ0v) is 10.4. The van der Waals surface area contributed by atoms with E-state index in [4.69, 9.17) is 5.26 Å². The highest BCUT2D eigenvalue weighted by Crippen LogP contribution is 2.11. The summed E-state index contributed by atoms with van der Waals surface area (Å²) in [7, 11) is 0. The first-order valence-electron chi connectivity index (χ1n) is 5.56. The lowest BCUT2D eigenvalue weighted by Crippen LogP contribution is -2.15. The molecule has 0 atom stereocenters. The third-order valence-corrected chi connectivity index (χ3v) is 2.47. The number of benzene rings is 1. The lowest BCUT2D eigenvalue weighted by Gasteiger charge is -2.06. The monoisotopic (exact) mass is 228 g/mol. The first-order valence-corrected chi connectivity index (χ1v) is 5.56. The van der Waals surface area contributed by atoms with E-state index in [1.807, 2.05) is 32.0 Å². The van der Waals surface area contributed by atoms with E-state index in [1.54, 1.807) is 19.1 Å². The van der Waals surface area contributed by atoms with Crippen LogP contribution in [0.2, 0.25) is 0 Å². The fourth-order valence-corrected chi connectivity index (χ4v) is 1.51. The average Bonchev–Trinajstić information content (AvgIpc) is 2.31. The Hall–Kier alpha value is -2.08. The van der Waals surface area contributed by atoms with Crippen molar-refractivity contribution in [2.45, 2.75) is 20.8 Å². The van der Waals surface area contributed by atoms with Crippen molar-refractivity contribution in [1.82, 2.24) is 5.32 Å². The summed E-state index contributed by atoms with van der Waals surface area (Å²) in [4.78, 5) is 12.1. The predicted octanol–water partition coefficient (Wildman–Crippen LogP) is 2.58. The van der Waals surface area contributed by atoms with Crippen molar-refractivity contribution in [1.29, 1.82) is 5.26 Å². The normalized spacial score (nSPS) is 11.4. The molecule has 88 valence electrons. The predicted molar refractivity (Wildman–Crippen MR) is 67.5 cm³/mol. The number of hydrogen-bond donors (Lipinski definition) is 1. The smallest absolute Gasteiger partial charge is 0.205 e. The van der Waals surface area contributed by atoms with Gasteiger partial charge in [-0.05, 0) is 20.8 Å². The third-order valence-electron chi connectivity index (χ3n) is 2.47. The highest BCUT2D eigenvalue weighted by atomic mass is 16.1. The van der Waals surface area contributed by atoms with Gasteiger partial charge < -0.3 is 5.32 Å². The van der Waals surface area contributed by atoms with E-state index in [9.17, 15) is 4.79 Å². The first kappa shape index (κ1) is 13.0. The van der Waals surface area contributed by atoms with Gasteiger partial charge in [-0.15, -0.1) is 0 Å². The summed E-state index contributed by atoms with van der Waals surface area (Å²) in [6.07, 6.45) is 0. The lowest BCUT2D eigenvalue weighted by molar-refractivity contribution is 0.103. The lowest BCUT2D eigenvalue weighted by atomic mass is 10.0. The van der Waals surface area contributed by atoms with Crippen LogP contribution in [-0.4, -0.2) is 12.3 Å². The number of hydrogen-bond acceptors (Lipinski definition) is 3. The number of aryl methyl sites for hydroxylation is 1.